The molecule has 15 heavy (non-hydrogen) atoms. The Balaban J connectivity index is 2.01. The van der Waals surface area contributed by atoms with E-state index >= 15 is 0 Å². The quantitative estimate of drug-likeness (QED) is 0.729. The minimum absolute atomic E-state index is 0.229. The Morgan fingerprint density at radius 2 is 1.93 bits per heavy atom. The molecule has 2 rings (SSSR count). The van der Waals surface area contributed by atoms with Gasteiger partial charge in [-0.1, -0.05) is 18.2 Å². The molecular formula is C11H11NO3. The molecule has 1 aliphatic rings. The van der Waals surface area contributed by atoms with Gasteiger partial charge in [0.05, 0.1) is 0 Å². The minimum Gasteiger partial charge on any atom is -0.481 e. The maximum absolute atomic E-state index is 11.4. The monoisotopic (exact) mass is 205 g/mol. The summed E-state index contributed by atoms with van der Waals surface area (Å²) in [5.74, 6) is 0.0648. The van der Waals surface area contributed by atoms with E-state index in [9.17, 15) is 9.59 Å². The number of hydrogen-bond donors (Lipinski definition) is 1. The average molecular weight is 205 g/mol. The van der Waals surface area contributed by atoms with Crippen molar-refractivity contribution < 1.29 is 14.3 Å². The van der Waals surface area contributed by atoms with E-state index in [1.807, 2.05) is 18.2 Å². The topological polar surface area (TPSA) is 55.4 Å². The Bertz CT molecular complexity index is 375. The molecule has 1 atom stereocenters. The van der Waals surface area contributed by atoms with E-state index in [4.69, 9.17) is 4.74 Å². The van der Waals surface area contributed by atoms with E-state index in [2.05, 4.69) is 5.32 Å². The number of amides is 2. The molecular weight excluding hydrogens is 194 g/mol. The Kier molecular flexibility index (Phi) is 2.67. The highest BCUT2D eigenvalue weighted by atomic mass is 16.5. The first-order chi connectivity index (χ1) is 7.25. The second-order valence-electron chi connectivity index (χ2n) is 3.37. The fourth-order valence-corrected chi connectivity index (χ4v) is 1.45. The van der Waals surface area contributed by atoms with Crippen molar-refractivity contribution in [3.05, 3.63) is 30.3 Å². The largest absolute Gasteiger partial charge is 0.481 e. The van der Waals surface area contributed by atoms with E-state index in [0.29, 0.717) is 18.6 Å². The van der Waals surface area contributed by atoms with Crippen molar-refractivity contribution in [2.75, 3.05) is 0 Å². The zero-order valence-corrected chi connectivity index (χ0v) is 8.10. The predicted molar refractivity (Wildman–Crippen MR) is 53.2 cm³/mol. The number of nitrogens with one attached hydrogen (secondary N) is 1. The third kappa shape index (κ3) is 2.34. The summed E-state index contributed by atoms with van der Waals surface area (Å²) in [6.45, 7) is 0. The molecule has 4 nitrogen and oxygen atoms in total. The van der Waals surface area contributed by atoms with E-state index < -0.39 is 6.10 Å². The van der Waals surface area contributed by atoms with Gasteiger partial charge in [0.2, 0.25) is 5.91 Å². The first-order valence-corrected chi connectivity index (χ1v) is 4.81. The molecule has 1 heterocycles. The zero-order chi connectivity index (χ0) is 10.7. The third-order valence-corrected chi connectivity index (χ3v) is 2.21. The lowest BCUT2D eigenvalue weighted by Crippen LogP contribution is -2.46. The van der Waals surface area contributed by atoms with Crippen LogP contribution in [0.3, 0.4) is 0 Å². The standard InChI is InChI=1S/C11H11NO3/c13-10-7-6-9(11(14)12-10)15-8-4-2-1-3-5-8/h1-5,9H,6-7H2,(H,12,13,14). The molecule has 1 aromatic rings. The van der Waals surface area contributed by atoms with Gasteiger partial charge in [-0.2, -0.15) is 0 Å². The maximum atomic E-state index is 11.4. The van der Waals surface area contributed by atoms with Crippen LogP contribution in [0.15, 0.2) is 30.3 Å². The van der Waals surface area contributed by atoms with Gasteiger partial charge in [0.1, 0.15) is 5.75 Å². The van der Waals surface area contributed by atoms with Crippen molar-refractivity contribution in [1.29, 1.82) is 0 Å². The Labute approximate surface area is 87.2 Å². The summed E-state index contributed by atoms with van der Waals surface area (Å²) in [6.07, 6.45) is 0.230. The van der Waals surface area contributed by atoms with Crippen LogP contribution in [0.25, 0.3) is 0 Å². The van der Waals surface area contributed by atoms with Crippen LogP contribution in [0, 0.1) is 0 Å². The van der Waals surface area contributed by atoms with Crippen LogP contribution in [-0.4, -0.2) is 17.9 Å². The van der Waals surface area contributed by atoms with Crippen molar-refractivity contribution in [3.8, 4) is 5.75 Å². The molecule has 1 N–H and O–H groups in total. The molecule has 1 fully saturated rings. The molecule has 4 heteroatoms. The molecule has 0 bridgehead atoms. The summed E-state index contributed by atoms with van der Waals surface area (Å²) < 4.78 is 5.45. The van der Waals surface area contributed by atoms with Crippen LogP contribution < -0.4 is 10.1 Å². The summed E-state index contributed by atoms with van der Waals surface area (Å²) in [6, 6.07) is 9.10. The van der Waals surface area contributed by atoms with Crippen molar-refractivity contribution in [2.45, 2.75) is 18.9 Å². The highest BCUT2D eigenvalue weighted by molar-refractivity contribution is 5.99. The summed E-state index contributed by atoms with van der Waals surface area (Å²) in [5, 5.41) is 2.25. The van der Waals surface area contributed by atoms with Gasteiger partial charge in [0.15, 0.2) is 6.10 Å². The van der Waals surface area contributed by atoms with Crippen LogP contribution in [0.1, 0.15) is 12.8 Å². The first kappa shape index (κ1) is 9.71. The van der Waals surface area contributed by atoms with Gasteiger partial charge >= 0.3 is 0 Å². The normalized spacial score (nSPS) is 20.9. The zero-order valence-electron chi connectivity index (χ0n) is 8.10. The van der Waals surface area contributed by atoms with Crippen molar-refractivity contribution >= 4 is 11.8 Å². The SMILES string of the molecule is O=C1CCC(Oc2ccccc2)C(=O)N1. The van der Waals surface area contributed by atoms with Crippen molar-refractivity contribution in [2.24, 2.45) is 0 Å². The highest BCUT2D eigenvalue weighted by Gasteiger charge is 2.27. The van der Waals surface area contributed by atoms with Gasteiger partial charge in [-0.25, -0.2) is 0 Å². The molecule has 0 aliphatic carbocycles. The van der Waals surface area contributed by atoms with E-state index in [1.54, 1.807) is 12.1 Å². The molecule has 0 aromatic heterocycles. The van der Waals surface area contributed by atoms with Crippen molar-refractivity contribution in [3.63, 3.8) is 0 Å². The lowest BCUT2D eigenvalue weighted by atomic mass is 10.1. The summed E-state index contributed by atoms with van der Waals surface area (Å²) in [7, 11) is 0. The van der Waals surface area contributed by atoms with Gasteiger partial charge < -0.3 is 4.74 Å². The minimum atomic E-state index is -0.551. The Morgan fingerprint density at radius 3 is 2.60 bits per heavy atom. The molecule has 2 amide bonds. The Hall–Kier alpha value is -1.84. The number of carbonyl (C=O) groups excluding carboxylic acids is 2. The number of carbonyl (C=O) groups is 2. The number of imide groups is 1. The van der Waals surface area contributed by atoms with Gasteiger partial charge in [-0.3, -0.25) is 14.9 Å². The molecule has 0 saturated carbocycles. The number of rotatable bonds is 2. The number of benzene rings is 1. The van der Waals surface area contributed by atoms with Crippen LogP contribution in [0.2, 0.25) is 0 Å². The van der Waals surface area contributed by atoms with Crippen LogP contribution in [0.4, 0.5) is 0 Å². The summed E-state index contributed by atoms with van der Waals surface area (Å²) >= 11 is 0. The predicted octanol–water partition coefficient (Wildman–Crippen LogP) is 0.871. The molecule has 1 unspecified atom stereocenters. The fourth-order valence-electron chi connectivity index (χ4n) is 1.45. The van der Waals surface area contributed by atoms with Gasteiger partial charge in [-0.05, 0) is 12.1 Å². The average Bonchev–Trinajstić information content (AvgIpc) is 2.24. The fraction of sp³-hybridized carbons (Fsp3) is 0.273. The second kappa shape index (κ2) is 4.13. The van der Waals surface area contributed by atoms with E-state index in [-0.39, 0.29) is 11.8 Å². The van der Waals surface area contributed by atoms with Crippen LogP contribution in [-0.2, 0) is 9.59 Å². The number of para-hydroxylation sites is 1. The van der Waals surface area contributed by atoms with Crippen LogP contribution in [0.5, 0.6) is 5.75 Å². The number of hydrogen-bond acceptors (Lipinski definition) is 3. The third-order valence-electron chi connectivity index (χ3n) is 2.21. The number of ether oxygens (including phenoxy) is 1. The van der Waals surface area contributed by atoms with Gasteiger partial charge in [0, 0.05) is 12.8 Å². The smallest absolute Gasteiger partial charge is 0.267 e. The van der Waals surface area contributed by atoms with Gasteiger partial charge in [-0.15, -0.1) is 0 Å². The first-order valence-electron chi connectivity index (χ1n) is 4.81. The summed E-state index contributed by atoms with van der Waals surface area (Å²) in [5.41, 5.74) is 0. The second-order valence-corrected chi connectivity index (χ2v) is 3.37. The molecule has 1 saturated heterocycles. The lowest BCUT2D eigenvalue weighted by Gasteiger charge is -2.21. The number of piperidine rings is 1. The Morgan fingerprint density at radius 1 is 1.20 bits per heavy atom. The van der Waals surface area contributed by atoms with E-state index in [0.717, 1.165) is 0 Å². The summed E-state index contributed by atoms with van der Waals surface area (Å²) in [4.78, 5) is 22.2. The van der Waals surface area contributed by atoms with Crippen LogP contribution >= 0.6 is 0 Å². The molecule has 0 spiro atoms. The molecule has 1 aromatic carbocycles. The van der Waals surface area contributed by atoms with Gasteiger partial charge in [0.25, 0.3) is 5.91 Å². The maximum Gasteiger partial charge on any atom is 0.267 e. The highest BCUT2D eigenvalue weighted by Crippen LogP contribution is 2.15. The lowest BCUT2D eigenvalue weighted by molar-refractivity contribution is -0.138. The molecule has 1 aliphatic heterocycles. The van der Waals surface area contributed by atoms with E-state index in [1.165, 1.54) is 0 Å². The van der Waals surface area contributed by atoms with Crippen molar-refractivity contribution in [1.82, 2.24) is 5.32 Å². The molecule has 78 valence electrons. The molecule has 0 radical (unpaired) electrons.